The van der Waals surface area contributed by atoms with Crippen LogP contribution in [-0.2, 0) is 0 Å². The molecule has 1 heterocycles. The lowest BCUT2D eigenvalue weighted by atomic mass is 9.89. The van der Waals surface area contributed by atoms with Gasteiger partial charge in [0.1, 0.15) is 0 Å². The minimum absolute atomic E-state index is 0.465. The van der Waals surface area contributed by atoms with Gasteiger partial charge < -0.3 is 0 Å². The Balaban J connectivity index is 0.000000791. The van der Waals surface area contributed by atoms with Crippen LogP contribution in [0.3, 0.4) is 0 Å². The summed E-state index contributed by atoms with van der Waals surface area (Å²) in [5.74, 6) is 0. The third kappa shape index (κ3) is 5.51. The molecule has 26 heavy (non-hydrogen) atoms. The van der Waals surface area contributed by atoms with Gasteiger partial charge in [-0.05, 0) is 35.6 Å². The zero-order valence-electron chi connectivity index (χ0n) is 17.5. The molecule has 1 unspecified atom stereocenters. The minimum atomic E-state index is 0.465. The lowest BCUT2D eigenvalue weighted by Crippen LogP contribution is -1.98. The number of thioether (sulfide) groups is 1. The highest BCUT2D eigenvalue weighted by Crippen LogP contribution is 2.55. The predicted octanol–water partition coefficient (Wildman–Crippen LogP) is 8.94. The van der Waals surface area contributed by atoms with E-state index in [0.29, 0.717) is 5.25 Å². The van der Waals surface area contributed by atoms with Crippen molar-refractivity contribution in [2.45, 2.75) is 77.4 Å². The van der Waals surface area contributed by atoms with Crippen molar-refractivity contribution < 1.29 is 0 Å². The van der Waals surface area contributed by atoms with E-state index < -0.39 is 0 Å². The molecule has 142 valence electrons. The van der Waals surface area contributed by atoms with Crippen molar-refractivity contribution in [1.29, 1.82) is 0 Å². The van der Waals surface area contributed by atoms with E-state index in [4.69, 9.17) is 0 Å². The molecule has 0 amide bonds. The summed E-state index contributed by atoms with van der Waals surface area (Å²) in [6.07, 6.45) is 4.91. The zero-order valence-corrected chi connectivity index (χ0v) is 18.3. The van der Waals surface area contributed by atoms with Gasteiger partial charge >= 0.3 is 0 Å². The van der Waals surface area contributed by atoms with Gasteiger partial charge in [0.2, 0.25) is 0 Å². The highest BCUT2D eigenvalue weighted by molar-refractivity contribution is 8.00. The van der Waals surface area contributed by atoms with E-state index in [9.17, 15) is 0 Å². The molecule has 3 rings (SSSR count). The molecule has 1 aliphatic rings. The standard InChI is InChI=1S/C21H24S.2C2H6/c1-3-10-16(11-4-2)20-18-14-8-9-15-19(18)22-21(20)17-12-6-5-7-13-17;2*1-2/h5-9,12-15,21H,3-4,10-11H2,1-2H3;2*1-2H3. The van der Waals surface area contributed by atoms with Gasteiger partial charge in [0.05, 0.1) is 5.25 Å². The molecule has 0 N–H and O–H groups in total. The summed E-state index contributed by atoms with van der Waals surface area (Å²) < 4.78 is 0. The molecule has 0 aromatic heterocycles. The van der Waals surface area contributed by atoms with Gasteiger partial charge in [0.15, 0.2) is 0 Å². The number of rotatable bonds is 5. The Kier molecular flexibility index (Phi) is 11.1. The maximum Gasteiger partial charge on any atom is 0.0599 e. The number of hydrogen-bond acceptors (Lipinski definition) is 1. The second-order valence-corrected chi connectivity index (χ2v) is 7.07. The van der Waals surface area contributed by atoms with Crippen LogP contribution in [0, 0.1) is 0 Å². The third-order valence-electron chi connectivity index (χ3n) is 4.27. The Hall–Kier alpha value is -1.47. The average molecular weight is 369 g/mol. The molecule has 1 atom stereocenters. The van der Waals surface area contributed by atoms with E-state index in [1.54, 1.807) is 11.1 Å². The normalized spacial score (nSPS) is 14.5. The first-order valence-electron chi connectivity index (χ1n) is 10.4. The lowest BCUT2D eigenvalue weighted by molar-refractivity contribution is 0.802. The fourth-order valence-corrected chi connectivity index (χ4v) is 4.78. The van der Waals surface area contributed by atoms with Crippen molar-refractivity contribution in [3.8, 4) is 0 Å². The summed E-state index contributed by atoms with van der Waals surface area (Å²) in [6, 6.07) is 19.9. The Morgan fingerprint density at radius 2 is 1.31 bits per heavy atom. The van der Waals surface area contributed by atoms with Gasteiger partial charge in [-0.1, -0.05) is 108 Å². The Labute approximate surface area is 166 Å². The monoisotopic (exact) mass is 368 g/mol. The molecule has 0 radical (unpaired) electrons. The van der Waals surface area contributed by atoms with Crippen LogP contribution in [0.5, 0.6) is 0 Å². The molecule has 0 aliphatic carbocycles. The van der Waals surface area contributed by atoms with Gasteiger partial charge in [-0.15, -0.1) is 11.8 Å². The van der Waals surface area contributed by atoms with Crippen molar-refractivity contribution in [1.82, 2.24) is 0 Å². The third-order valence-corrected chi connectivity index (χ3v) is 5.62. The van der Waals surface area contributed by atoms with Gasteiger partial charge in [-0.3, -0.25) is 0 Å². The molecule has 0 saturated carbocycles. The van der Waals surface area contributed by atoms with E-state index in [1.807, 2.05) is 39.5 Å². The first kappa shape index (κ1) is 22.6. The van der Waals surface area contributed by atoms with Crippen LogP contribution >= 0.6 is 11.8 Å². The molecule has 1 aliphatic heterocycles. The predicted molar refractivity (Wildman–Crippen MR) is 121 cm³/mol. The first-order chi connectivity index (χ1) is 12.8. The molecular weight excluding hydrogens is 332 g/mol. The van der Waals surface area contributed by atoms with Crippen molar-refractivity contribution in [2.75, 3.05) is 0 Å². The van der Waals surface area contributed by atoms with Crippen LogP contribution in [0.2, 0.25) is 0 Å². The van der Waals surface area contributed by atoms with E-state index in [1.165, 1.54) is 41.7 Å². The second-order valence-electron chi connectivity index (χ2n) is 5.92. The maximum atomic E-state index is 2.31. The van der Waals surface area contributed by atoms with Gasteiger partial charge in [0, 0.05) is 4.90 Å². The maximum absolute atomic E-state index is 2.31. The molecule has 0 nitrogen and oxygen atoms in total. The molecule has 2 aromatic carbocycles. The molecule has 0 saturated heterocycles. The SMILES string of the molecule is CC.CC.CCCC(CCC)=C1c2ccccc2SC1c1ccccc1. The Morgan fingerprint density at radius 1 is 0.769 bits per heavy atom. The molecule has 0 fully saturated rings. The molecular formula is C25H36S. The molecule has 0 bridgehead atoms. The van der Waals surface area contributed by atoms with Crippen LogP contribution < -0.4 is 0 Å². The van der Waals surface area contributed by atoms with E-state index in [2.05, 4.69) is 68.4 Å². The van der Waals surface area contributed by atoms with E-state index >= 15 is 0 Å². The number of benzene rings is 2. The van der Waals surface area contributed by atoms with Crippen LogP contribution in [-0.4, -0.2) is 0 Å². The second kappa shape index (κ2) is 12.8. The quantitative estimate of drug-likeness (QED) is 0.507. The topological polar surface area (TPSA) is 0 Å². The van der Waals surface area contributed by atoms with Crippen LogP contribution in [0.4, 0.5) is 0 Å². The van der Waals surface area contributed by atoms with Crippen LogP contribution in [0.15, 0.2) is 65.1 Å². The summed E-state index contributed by atoms with van der Waals surface area (Å²) >= 11 is 2.02. The summed E-state index contributed by atoms with van der Waals surface area (Å²) in [4.78, 5) is 1.44. The highest BCUT2D eigenvalue weighted by Gasteiger charge is 2.30. The summed E-state index contributed by atoms with van der Waals surface area (Å²) in [6.45, 7) is 12.6. The van der Waals surface area contributed by atoms with Crippen molar-refractivity contribution >= 4 is 17.3 Å². The average Bonchev–Trinajstić information content (AvgIpc) is 3.11. The van der Waals surface area contributed by atoms with Crippen LogP contribution in [0.1, 0.15) is 83.6 Å². The summed E-state index contributed by atoms with van der Waals surface area (Å²) in [5, 5.41) is 0.465. The molecule has 0 spiro atoms. The van der Waals surface area contributed by atoms with Gasteiger partial charge in [-0.2, -0.15) is 0 Å². The smallest absolute Gasteiger partial charge is 0.0599 e. The summed E-state index contributed by atoms with van der Waals surface area (Å²) in [5.41, 5.74) is 6.16. The van der Waals surface area contributed by atoms with E-state index in [0.717, 1.165) is 0 Å². The Morgan fingerprint density at radius 3 is 1.88 bits per heavy atom. The minimum Gasteiger partial charge on any atom is -0.112 e. The number of hydrogen-bond donors (Lipinski definition) is 0. The fourth-order valence-electron chi connectivity index (χ4n) is 3.36. The highest BCUT2D eigenvalue weighted by atomic mass is 32.2. The first-order valence-corrected chi connectivity index (χ1v) is 11.3. The van der Waals surface area contributed by atoms with E-state index in [-0.39, 0.29) is 0 Å². The van der Waals surface area contributed by atoms with Gasteiger partial charge in [0.25, 0.3) is 0 Å². The van der Waals surface area contributed by atoms with Crippen LogP contribution in [0.25, 0.3) is 5.57 Å². The zero-order chi connectivity index (χ0) is 19.4. The number of fused-ring (bicyclic) bond motifs is 1. The molecule has 2 aromatic rings. The lowest BCUT2D eigenvalue weighted by Gasteiger charge is -2.18. The largest absolute Gasteiger partial charge is 0.112 e. The summed E-state index contributed by atoms with van der Waals surface area (Å²) in [7, 11) is 0. The van der Waals surface area contributed by atoms with Crippen molar-refractivity contribution in [2.24, 2.45) is 0 Å². The Bertz CT molecular complexity index is 647. The van der Waals surface area contributed by atoms with Gasteiger partial charge in [-0.25, -0.2) is 0 Å². The molecule has 1 heteroatoms. The fraction of sp³-hybridized carbons (Fsp3) is 0.440. The number of allylic oxidation sites excluding steroid dienone is 1. The van der Waals surface area contributed by atoms with Crippen molar-refractivity contribution in [3.63, 3.8) is 0 Å². The van der Waals surface area contributed by atoms with Crippen molar-refractivity contribution in [3.05, 3.63) is 71.3 Å².